The van der Waals surface area contributed by atoms with Gasteiger partial charge in [-0.15, -0.1) is 0 Å². The maximum Gasteiger partial charge on any atom is 0.324 e. The van der Waals surface area contributed by atoms with Crippen LogP contribution in [-0.4, -0.2) is 61.4 Å². The van der Waals surface area contributed by atoms with Gasteiger partial charge in [-0.25, -0.2) is 13.2 Å². The quantitative estimate of drug-likeness (QED) is 0.361. The summed E-state index contributed by atoms with van der Waals surface area (Å²) in [5.41, 5.74) is 0.558. The number of unbranched alkanes of at least 4 members (excludes halogenated alkanes) is 2. The molecular formula is C21H28N4O5S. The highest BCUT2D eigenvalue weighted by molar-refractivity contribution is 7.91. The first-order valence-electron chi connectivity index (χ1n) is 10.6. The molecule has 168 valence electrons. The third-order valence-corrected chi connectivity index (χ3v) is 7.22. The Bertz CT molecular complexity index is 939. The molecule has 3 rings (SSSR count). The second kappa shape index (κ2) is 10.6. The number of pyridine rings is 1. The lowest BCUT2D eigenvalue weighted by atomic mass is 10.0. The number of hydrogen-bond donors (Lipinski definition) is 1. The number of nitriles is 1. The highest BCUT2D eigenvalue weighted by atomic mass is 32.2. The second-order valence-corrected chi connectivity index (χ2v) is 10.4. The van der Waals surface area contributed by atoms with Crippen LogP contribution >= 0.6 is 0 Å². The van der Waals surface area contributed by atoms with Crippen molar-refractivity contribution in [2.75, 3.05) is 31.2 Å². The van der Waals surface area contributed by atoms with E-state index in [0.717, 1.165) is 0 Å². The summed E-state index contributed by atoms with van der Waals surface area (Å²) in [5, 5.41) is 11.4. The minimum Gasteiger partial charge on any atom is -0.493 e. The van der Waals surface area contributed by atoms with Gasteiger partial charge in [0, 0.05) is 36.8 Å². The summed E-state index contributed by atoms with van der Waals surface area (Å²) in [6.45, 7) is 1.13. The van der Waals surface area contributed by atoms with E-state index >= 15 is 0 Å². The zero-order valence-corrected chi connectivity index (χ0v) is 18.3. The fourth-order valence-corrected chi connectivity index (χ4v) is 5.17. The normalized spacial score (nSPS) is 17.3. The molecule has 0 spiro atoms. The number of aromatic nitrogens is 1. The summed E-state index contributed by atoms with van der Waals surface area (Å²) >= 11 is 0. The van der Waals surface area contributed by atoms with Crippen LogP contribution in [0.25, 0.3) is 0 Å². The van der Waals surface area contributed by atoms with Gasteiger partial charge in [0.15, 0.2) is 9.84 Å². The number of ether oxygens (including phenoxy) is 1. The minimum absolute atomic E-state index is 0.0118. The summed E-state index contributed by atoms with van der Waals surface area (Å²) < 4.78 is 31.0. The summed E-state index contributed by atoms with van der Waals surface area (Å²) in [5.74, 6) is 0.320. The third-order valence-electron chi connectivity index (χ3n) is 5.40. The van der Waals surface area contributed by atoms with Gasteiger partial charge in [-0.3, -0.25) is 15.1 Å². The molecule has 9 nitrogen and oxygen atoms in total. The highest BCUT2D eigenvalue weighted by Gasteiger charge is 2.26. The van der Waals surface area contributed by atoms with Crippen LogP contribution in [0.1, 0.15) is 50.1 Å². The molecule has 0 aromatic carbocycles. The topological polar surface area (TPSA) is 129 Å². The number of nitrogens with one attached hydrogen (secondary N) is 1. The number of carbonyl (C=O) groups is 2. The lowest BCUT2D eigenvalue weighted by molar-refractivity contribution is -0.118. The van der Waals surface area contributed by atoms with E-state index in [2.05, 4.69) is 16.4 Å². The Morgan fingerprint density at radius 3 is 2.77 bits per heavy atom. The molecule has 3 amide bonds. The van der Waals surface area contributed by atoms with Crippen molar-refractivity contribution >= 4 is 21.8 Å². The van der Waals surface area contributed by atoms with Crippen molar-refractivity contribution in [2.45, 2.75) is 44.4 Å². The van der Waals surface area contributed by atoms with E-state index in [9.17, 15) is 23.3 Å². The Morgan fingerprint density at radius 2 is 2.10 bits per heavy atom. The summed E-state index contributed by atoms with van der Waals surface area (Å²) in [7, 11) is -3.38. The number of sulfone groups is 1. The smallest absolute Gasteiger partial charge is 0.324 e. The van der Waals surface area contributed by atoms with Crippen molar-refractivity contribution in [1.82, 2.24) is 15.2 Å². The van der Waals surface area contributed by atoms with Crippen LogP contribution in [0.4, 0.5) is 4.79 Å². The van der Waals surface area contributed by atoms with Crippen LogP contribution in [0.5, 0.6) is 5.75 Å². The van der Waals surface area contributed by atoms with E-state index in [1.54, 1.807) is 18.3 Å². The molecule has 1 atom stereocenters. The van der Waals surface area contributed by atoms with Crippen LogP contribution in [0, 0.1) is 17.2 Å². The van der Waals surface area contributed by atoms with Crippen LogP contribution < -0.4 is 10.1 Å². The zero-order valence-electron chi connectivity index (χ0n) is 17.5. The van der Waals surface area contributed by atoms with E-state index in [0.29, 0.717) is 49.8 Å². The van der Waals surface area contributed by atoms with E-state index in [-0.39, 0.29) is 30.4 Å². The molecule has 31 heavy (non-hydrogen) atoms. The van der Waals surface area contributed by atoms with Crippen molar-refractivity contribution in [1.29, 1.82) is 5.26 Å². The molecule has 0 radical (unpaired) electrons. The predicted octanol–water partition coefficient (Wildman–Crippen LogP) is 2.00. The van der Waals surface area contributed by atoms with Gasteiger partial charge in [-0.05, 0) is 37.7 Å². The SMILES string of the molecule is N#CC[C@@H](CS(=O)(=O)CCCCCN1CC(=O)NC1=O)c1cc(OCC2CC2)ccn1. The average molecular weight is 449 g/mol. The van der Waals surface area contributed by atoms with Crippen LogP contribution in [-0.2, 0) is 14.6 Å². The van der Waals surface area contributed by atoms with Crippen molar-refractivity contribution in [3.63, 3.8) is 0 Å². The van der Waals surface area contributed by atoms with Gasteiger partial charge in [0.25, 0.3) is 0 Å². The average Bonchev–Trinajstić information content (AvgIpc) is 3.50. The number of amides is 3. The largest absolute Gasteiger partial charge is 0.493 e. The Labute approximate surface area is 182 Å². The molecule has 1 aromatic heterocycles. The molecule has 1 aliphatic heterocycles. The van der Waals surface area contributed by atoms with Crippen LogP contribution in [0.3, 0.4) is 0 Å². The van der Waals surface area contributed by atoms with Gasteiger partial charge in [-0.1, -0.05) is 6.42 Å². The fraction of sp³-hybridized carbons (Fsp3) is 0.619. The standard InChI is InChI=1S/C21H28N4O5S/c22-8-6-17(19-12-18(7-9-23-19)30-14-16-4-5-16)15-31(28,29)11-3-1-2-10-25-13-20(26)24-21(25)27/h7,9,12,16-17H,1-6,10-11,13-15H2,(H,24,26,27)/t17-/m0/s1. The number of rotatable bonds is 13. The molecule has 1 saturated heterocycles. The maximum absolute atomic E-state index is 12.6. The van der Waals surface area contributed by atoms with Gasteiger partial charge in [0.05, 0.1) is 24.2 Å². The lowest BCUT2D eigenvalue weighted by Crippen LogP contribution is -2.29. The number of carbonyl (C=O) groups excluding carboxylic acids is 2. The number of nitrogens with zero attached hydrogens (tertiary/aromatic N) is 3. The lowest BCUT2D eigenvalue weighted by Gasteiger charge is -2.15. The first-order chi connectivity index (χ1) is 14.9. The molecule has 2 fully saturated rings. The molecule has 1 aliphatic carbocycles. The fourth-order valence-electron chi connectivity index (χ4n) is 3.45. The monoisotopic (exact) mass is 448 g/mol. The summed E-state index contributed by atoms with van der Waals surface area (Å²) in [4.78, 5) is 28.3. The first-order valence-corrected chi connectivity index (χ1v) is 12.4. The molecular weight excluding hydrogens is 420 g/mol. The second-order valence-electron chi connectivity index (χ2n) is 8.18. The van der Waals surface area contributed by atoms with Gasteiger partial charge in [0.1, 0.15) is 12.3 Å². The van der Waals surface area contributed by atoms with Crippen molar-refractivity contribution in [2.24, 2.45) is 5.92 Å². The van der Waals surface area contributed by atoms with Crippen LogP contribution in [0.15, 0.2) is 18.3 Å². The van der Waals surface area contributed by atoms with Gasteiger partial charge in [-0.2, -0.15) is 5.26 Å². The molecule has 1 saturated carbocycles. The first kappa shape index (κ1) is 23.0. The third kappa shape index (κ3) is 7.51. The molecule has 0 bridgehead atoms. The van der Waals surface area contributed by atoms with Gasteiger partial charge < -0.3 is 9.64 Å². The van der Waals surface area contributed by atoms with Crippen LogP contribution in [0.2, 0.25) is 0 Å². The van der Waals surface area contributed by atoms with Crippen molar-refractivity contribution in [3.05, 3.63) is 24.0 Å². The van der Waals surface area contributed by atoms with E-state index < -0.39 is 21.8 Å². The number of urea groups is 1. The van der Waals surface area contributed by atoms with E-state index in [4.69, 9.17) is 4.74 Å². The Kier molecular flexibility index (Phi) is 7.85. The molecule has 1 aromatic rings. The molecule has 2 aliphatic rings. The summed E-state index contributed by atoms with van der Waals surface area (Å²) in [6.07, 6.45) is 5.73. The Morgan fingerprint density at radius 1 is 1.29 bits per heavy atom. The molecule has 0 unspecified atom stereocenters. The zero-order chi connectivity index (χ0) is 22.3. The number of imide groups is 1. The van der Waals surface area contributed by atoms with E-state index in [1.807, 2.05) is 0 Å². The maximum atomic E-state index is 12.6. The van der Waals surface area contributed by atoms with Crippen molar-refractivity contribution < 1.29 is 22.7 Å². The summed E-state index contributed by atoms with van der Waals surface area (Å²) in [6, 6.07) is 5.16. The van der Waals surface area contributed by atoms with Gasteiger partial charge >= 0.3 is 6.03 Å². The predicted molar refractivity (Wildman–Crippen MR) is 113 cm³/mol. The van der Waals surface area contributed by atoms with Gasteiger partial charge in [0.2, 0.25) is 5.91 Å². The number of hydrogen-bond acceptors (Lipinski definition) is 7. The highest BCUT2D eigenvalue weighted by Crippen LogP contribution is 2.30. The molecule has 10 heteroatoms. The minimum atomic E-state index is -3.38. The Hall–Kier alpha value is -2.67. The molecule has 1 N–H and O–H groups in total. The van der Waals surface area contributed by atoms with E-state index in [1.165, 1.54) is 17.7 Å². The molecule has 2 heterocycles. The van der Waals surface area contributed by atoms with Crippen molar-refractivity contribution in [3.8, 4) is 11.8 Å². The Balaban J connectivity index is 1.46.